The molecule has 9 aromatic carbocycles. The lowest BCUT2D eigenvalue weighted by Crippen LogP contribution is -2.40. The van der Waals surface area contributed by atoms with Gasteiger partial charge in [0.2, 0.25) is 11.6 Å². The predicted molar refractivity (Wildman–Crippen MR) is 551 cm³/mol. The first-order valence-corrected chi connectivity index (χ1v) is 49.1. The summed E-state index contributed by atoms with van der Waals surface area (Å²) in [7, 11) is 5.92. The number of para-hydroxylation sites is 3. The molecule has 3 aliphatic heterocycles. The van der Waals surface area contributed by atoms with Crippen LogP contribution in [0.1, 0.15) is 175 Å². The zero-order valence-corrected chi connectivity index (χ0v) is 84.5. The topological polar surface area (TPSA) is 303 Å². The highest BCUT2D eigenvalue weighted by Gasteiger charge is 2.37. The van der Waals surface area contributed by atoms with E-state index in [1.807, 2.05) is 183 Å². The van der Waals surface area contributed by atoms with Crippen LogP contribution in [0.2, 0.25) is 15.1 Å². The summed E-state index contributed by atoms with van der Waals surface area (Å²) in [5.41, 5.74) is 32.4. The van der Waals surface area contributed by atoms with Crippen molar-refractivity contribution in [3.63, 3.8) is 0 Å². The zero-order valence-electron chi connectivity index (χ0n) is 82.2. The van der Waals surface area contributed by atoms with Gasteiger partial charge in [-0.2, -0.15) is 25.7 Å². The van der Waals surface area contributed by atoms with E-state index in [0.29, 0.717) is 103 Å². The summed E-state index contributed by atoms with van der Waals surface area (Å²) in [6.07, 6.45) is 5.96. The number of rotatable bonds is 27. The second-order valence-electron chi connectivity index (χ2n) is 37.3. The average Bonchev–Trinajstić information content (AvgIpc) is 1.58. The molecule has 0 saturated heterocycles. The Morgan fingerprint density at radius 3 is 1.06 bits per heavy atom. The van der Waals surface area contributed by atoms with Crippen LogP contribution in [-0.4, -0.2) is 167 Å². The number of fused-ring (bicyclic) bond motifs is 9. The number of benzene rings is 9. The third-order valence-corrected chi connectivity index (χ3v) is 29.5. The Morgan fingerprint density at radius 1 is 0.383 bits per heavy atom. The van der Waals surface area contributed by atoms with Crippen molar-refractivity contribution in [3.8, 4) is 73.4 Å². The van der Waals surface area contributed by atoms with Gasteiger partial charge in [0.25, 0.3) is 17.7 Å². The summed E-state index contributed by atoms with van der Waals surface area (Å²) in [4.78, 5) is 60.8. The van der Waals surface area contributed by atoms with Gasteiger partial charge >= 0.3 is 5.97 Å². The Kier molecular flexibility index (Phi) is 28.2. The van der Waals surface area contributed by atoms with E-state index in [1.54, 1.807) is 24.3 Å². The number of hydrogen-bond acceptors (Lipinski definition) is 16. The first-order chi connectivity index (χ1) is 68.0. The largest absolute Gasteiger partial charge is 0.494 e. The van der Waals surface area contributed by atoms with Crippen LogP contribution in [0.3, 0.4) is 0 Å². The van der Waals surface area contributed by atoms with Crippen molar-refractivity contribution in [1.29, 1.82) is 0 Å². The molecular formula is C110H115Cl3N20O8. The maximum atomic E-state index is 14.6. The molecule has 0 radical (unpaired) electrons. The Labute approximate surface area is 833 Å². The zero-order chi connectivity index (χ0) is 99.0. The molecule has 141 heavy (non-hydrogen) atoms. The third-order valence-electron chi connectivity index (χ3n) is 27.7. The maximum absolute atomic E-state index is 14.6. The van der Waals surface area contributed by atoms with E-state index in [9.17, 15) is 24.3 Å². The van der Waals surface area contributed by atoms with Crippen molar-refractivity contribution in [2.24, 2.45) is 21.1 Å². The number of H-pyrrole nitrogens is 2. The number of carbonyl (C=O) groups excluding carboxylic acids is 3. The normalized spacial score (nSPS) is 13.2. The van der Waals surface area contributed by atoms with E-state index in [0.717, 1.165) is 266 Å². The van der Waals surface area contributed by atoms with Gasteiger partial charge in [-0.15, -0.1) is 20.4 Å². The van der Waals surface area contributed by atoms with Crippen molar-refractivity contribution in [1.82, 2.24) is 99.0 Å². The molecule has 20 rings (SSSR count). The lowest BCUT2D eigenvalue weighted by Gasteiger charge is -2.30. The number of nitrogens with zero attached hydrogens (tertiary/aromatic N) is 18. The molecule has 8 aromatic heterocycles. The minimum atomic E-state index is -0.966. The number of carboxylic acids is 1. The molecule has 28 nitrogen and oxygen atoms in total. The van der Waals surface area contributed by atoms with Crippen molar-refractivity contribution in [2.45, 2.75) is 174 Å². The quantitative estimate of drug-likeness (QED) is 0.0403. The van der Waals surface area contributed by atoms with Gasteiger partial charge in [-0.1, -0.05) is 144 Å². The number of nitrogens with one attached hydrogen (secondary N) is 2. The number of tetrazole rings is 2. The van der Waals surface area contributed by atoms with E-state index >= 15 is 0 Å². The molecule has 3 amide bonds. The summed E-state index contributed by atoms with van der Waals surface area (Å²) >= 11 is 19.1. The Hall–Kier alpha value is -14.5. The highest BCUT2D eigenvalue weighted by Crippen LogP contribution is 2.45. The Morgan fingerprint density at radius 2 is 0.716 bits per heavy atom. The number of amides is 3. The van der Waals surface area contributed by atoms with Gasteiger partial charge in [-0.3, -0.25) is 28.4 Å². The Bertz CT molecular complexity index is 7580. The van der Waals surface area contributed by atoms with Gasteiger partial charge in [0.05, 0.1) is 59.0 Å². The second-order valence-corrected chi connectivity index (χ2v) is 38.4. The minimum Gasteiger partial charge on any atom is -0.494 e. The fourth-order valence-electron chi connectivity index (χ4n) is 20.8. The summed E-state index contributed by atoms with van der Waals surface area (Å²) in [5, 5.41) is 57.8. The number of aromatic amines is 2. The van der Waals surface area contributed by atoms with Crippen molar-refractivity contribution < 1.29 is 38.5 Å². The molecule has 0 atom stereocenters. The fraction of sp³-hybridized carbons (Fsp3) is 0.318. The number of halogens is 3. The van der Waals surface area contributed by atoms with E-state index in [4.69, 9.17) is 64.3 Å². The number of aromatic carboxylic acids is 1. The van der Waals surface area contributed by atoms with E-state index in [-0.39, 0.29) is 23.3 Å². The summed E-state index contributed by atoms with van der Waals surface area (Å²) in [6.45, 7) is 31.3. The van der Waals surface area contributed by atoms with Gasteiger partial charge in [-0.25, -0.2) is 4.79 Å². The number of aromatic nitrogens is 17. The molecule has 0 aliphatic carbocycles. The number of ether oxygens (including phenoxy) is 3. The molecule has 0 bridgehead atoms. The predicted octanol–water partition coefficient (Wildman–Crippen LogP) is 21.6. The maximum Gasteiger partial charge on any atom is 0.335 e. The molecule has 724 valence electrons. The van der Waals surface area contributed by atoms with Crippen LogP contribution in [0.5, 0.6) is 17.2 Å². The average molecular weight is 1950 g/mol. The SMILES string of the molecule is Cc1cc(OCCCc2c3n(c4c(-c5c(C)nn(C)c5C)cccc24)CCCN(Cc2ccc(-c4nn[nH]n4)cc2)C3=O)cc(C)c1Cl.Cc1cc(OCCCc2c3n(c4c(-c5c(C)nn(C)c5C)cccc24)CCCN(Cc2ccc(C(=O)O)cc2)C3=O)cc(C)c1Cl.Cc1cc(OCCCc2c3n(c4c(-c5c(C)nn(C)c5C)cccc24)CCN(Cc2cccc(-c4nn[nH]n4)c2)C3=O)cc(C)c1Cl. The number of hydrogen-bond donors (Lipinski definition) is 3. The van der Waals surface area contributed by atoms with Gasteiger partial charge < -0.3 is 47.7 Å². The van der Waals surface area contributed by atoms with Crippen molar-refractivity contribution in [2.75, 3.05) is 39.5 Å². The van der Waals surface area contributed by atoms with Crippen LogP contribution in [0, 0.1) is 83.1 Å². The number of aryl methyl sites for hydroxylation is 17. The van der Waals surface area contributed by atoms with Crippen LogP contribution in [0.4, 0.5) is 0 Å². The molecule has 0 saturated carbocycles. The molecule has 17 aromatic rings. The molecule has 0 unspecified atom stereocenters. The van der Waals surface area contributed by atoms with Crippen LogP contribution in [0.15, 0.2) is 164 Å². The molecular weight excluding hydrogens is 1840 g/mol. The summed E-state index contributed by atoms with van der Waals surface area (Å²) < 4.78 is 31.1. The minimum absolute atomic E-state index is 0.0125. The van der Waals surface area contributed by atoms with Gasteiger partial charge in [0, 0.05) is 173 Å². The first kappa shape index (κ1) is 96.8. The highest BCUT2D eigenvalue weighted by atomic mass is 35.5. The van der Waals surface area contributed by atoms with Crippen molar-refractivity contribution in [3.05, 3.63) is 302 Å². The summed E-state index contributed by atoms with van der Waals surface area (Å²) in [5.74, 6) is 2.59. The van der Waals surface area contributed by atoms with Crippen LogP contribution in [-0.2, 0) is 79.7 Å². The van der Waals surface area contributed by atoms with Gasteiger partial charge in [-0.05, 0) is 266 Å². The van der Waals surface area contributed by atoms with Crippen molar-refractivity contribution >= 4 is 91.2 Å². The molecule has 31 heteroatoms. The number of carbonyl (C=O) groups is 4. The van der Waals surface area contributed by atoms with Crippen LogP contribution < -0.4 is 14.2 Å². The fourth-order valence-corrected chi connectivity index (χ4v) is 21.1. The Balaban J connectivity index is 0.000000140. The molecule has 11 heterocycles. The lowest BCUT2D eigenvalue weighted by molar-refractivity contribution is 0.0685. The third kappa shape index (κ3) is 19.5. The smallest absolute Gasteiger partial charge is 0.335 e. The molecule has 0 fully saturated rings. The first-order valence-electron chi connectivity index (χ1n) is 47.9. The highest BCUT2D eigenvalue weighted by molar-refractivity contribution is 6.33. The molecule has 3 N–H and O–H groups in total. The van der Waals surface area contributed by atoms with Gasteiger partial charge in [0.15, 0.2) is 0 Å². The lowest BCUT2D eigenvalue weighted by atomic mass is 9.98. The van der Waals surface area contributed by atoms with Crippen LogP contribution in [0.25, 0.3) is 88.9 Å². The van der Waals surface area contributed by atoms with E-state index in [1.165, 1.54) is 0 Å². The van der Waals surface area contributed by atoms with E-state index < -0.39 is 5.97 Å². The monoisotopic (exact) mass is 1950 g/mol. The van der Waals surface area contributed by atoms with Gasteiger partial charge in [0.1, 0.15) is 34.3 Å². The molecule has 0 spiro atoms. The van der Waals surface area contributed by atoms with Crippen LogP contribution >= 0.6 is 34.8 Å². The van der Waals surface area contributed by atoms with E-state index in [2.05, 4.69) is 144 Å². The summed E-state index contributed by atoms with van der Waals surface area (Å²) in [6, 6.07) is 53.8. The standard InChI is InChI=1S/C37H39ClN8O2.C37H39ClN4O4.C36H37ClN8O2/c1-22-19-28(20-23(2)33(22)38)48-18-7-11-30-29-9-6-10-31(32-24(3)41-44(5)25(32)4)34(29)46-17-8-16-45(37(47)35(30)46)21-26-12-14-27(15-13-26)36-39-42-43-40-36;1-22-19-28(20-23(2)33(22)38)46-18-7-11-30-29-9-6-10-31(32-24(3)39-40(5)25(32)4)34(29)42-17-8-16-41(36(43)35(30)42)21-26-12-14-27(15-13-26)37(44)45;1-21-17-27(18-22(2)32(21)37)47-16-8-13-29-28-11-7-12-30(31-23(3)40-43(5)24(31)4)33(28)45-15-14-44(36(46)34(29)45)20-25-9-6-10-26(19-25)35-38-41-42-39-35/h6,9-10,12-15,19-20H,7-8,11,16-18,21H2,1-5H3,(H,39,40,42,43);6,9-10,12-15,19-20H,7-8,11,16-18,21H2,1-5H3,(H,44,45);6-7,9-12,17-19H,8,13-16,20H2,1-5H3,(H,38,39,41,42). The second kappa shape index (κ2) is 41.1. The number of carboxylic acid groups (broad SMARTS) is 1. The molecule has 3 aliphatic rings.